The van der Waals surface area contributed by atoms with Crippen LogP contribution in [0.5, 0.6) is 11.5 Å². The van der Waals surface area contributed by atoms with Crippen LogP contribution in [0.2, 0.25) is 0 Å². The quantitative estimate of drug-likeness (QED) is 0.680. The molecule has 0 spiro atoms. The maximum atomic E-state index is 10.7. The predicted octanol–water partition coefficient (Wildman–Crippen LogP) is 0.441. The molecule has 0 radical (unpaired) electrons. The summed E-state index contributed by atoms with van der Waals surface area (Å²) in [6, 6.07) is 0. The number of nitrogens with zero attached hydrogens (tertiary/aromatic N) is 1. The van der Waals surface area contributed by atoms with E-state index in [1.807, 2.05) is 0 Å². The fourth-order valence-electron chi connectivity index (χ4n) is 1.21. The van der Waals surface area contributed by atoms with Gasteiger partial charge < -0.3 is 19.7 Å². The van der Waals surface area contributed by atoms with Gasteiger partial charge in [-0.2, -0.15) is 0 Å². The van der Waals surface area contributed by atoms with Crippen LogP contribution in [0.25, 0.3) is 0 Å². The molecule has 0 bridgehead atoms. The van der Waals surface area contributed by atoms with Crippen LogP contribution in [-0.4, -0.2) is 33.6 Å². The largest absolute Gasteiger partial charge is 0.476 e. The number of carboxylic acid groups (broad SMARTS) is 2. The highest BCUT2D eigenvalue weighted by Crippen LogP contribution is 2.37. The second kappa shape index (κ2) is 2.66. The number of aromatic carboxylic acids is 1. The maximum absolute atomic E-state index is 10.7. The molecule has 0 atom stereocenters. The second-order valence-corrected chi connectivity index (χ2v) is 2.54. The Kier molecular flexibility index (Phi) is 1.60. The van der Waals surface area contributed by atoms with E-state index >= 15 is 0 Å². The van der Waals surface area contributed by atoms with E-state index in [1.165, 1.54) is 0 Å². The zero-order valence-corrected chi connectivity index (χ0v) is 6.76. The van der Waals surface area contributed by atoms with Crippen LogP contribution in [0.4, 0.5) is 4.79 Å². The van der Waals surface area contributed by atoms with Crippen molar-refractivity contribution in [2.45, 2.75) is 0 Å². The van der Waals surface area contributed by atoms with Crippen molar-refractivity contribution in [3.63, 3.8) is 0 Å². The summed E-state index contributed by atoms with van der Waals surface area (Å²) in [5, 5.41) is 17.4. The van der Waals surface area contributed by atoms with E-state index < -0.39 is 17.8 Å². The van der Waals surface area contributed by atoms with Crippen LogP contribution in [0.15, 0.2) is 6.20 Å². The SMILES string of the molecule is O=C(O)c1c2c(cn1C(=O)O)OCO2. The highest BCUT2D eigenvalue weighted by molar-refractivity contribution is 5.94. The molecule has 2 rings (SSSR count). The van der Waals surface area contributed by atoms with Gasteiger partial charge in [0.05, 0.1) is 6.20 Å². The average Bonchev–Trinajstić information content (AvgIpc) is 2.58. The minimum atomic E-state index is -1.40. The lowest BCUT2D eigenvalue weighted by Crippen LogP contribution is -2.15. The van der Waals surface area contributed by atoms with Gasteiger partial charge in [0.25, 0.3) is 0 Å². The minimum Gasteiger partial charge on any atom is -0.476 e. The molecule has 1 aliphatic rings. The van der Waals surface area contributed by atoms with Crippen LogP contribution in [0.3, 0.4) is 0 Å². The molecule has 0 saturated carbocycles. The van der Waals surface area contributed by atoms with Gasteiger partial charge in [-0.3, -0.25) is 0 Å². The fraction of sp³-hybridized carbons (Fsp3) is 0.143. The monoisotopic (exact) mass is 199 g/mol. The van der Waals surface area contributed by atoms with E-state index in [0.717, 1.165) is 6.20 Å². The molecule has 1 aromatic heterocycles. The maximum Gasteiger partial charge on any atom is 0.416 e. The Labute approximate surface area is 77.1 Å². The van der Waals surface area contributed by atoms with E-state index in [1.54, 1.807) is 0 Å². The highest BCUT2D eigenvalue weighted by atomic mass is 16.7. The molecule has 7 nitrogen and oxygen atoms in total. The van der Waals surface area contributed by atoms with Gasteiger partial charge >= 0.3 is 12.1 Å². The topological polar surface area (TPSA) is 98.0 Å². The third-order valence-electron chi connectivity index (χ3n) is 1.75. The van der Waals surface area contributed by atoms with E-state index in [-0.39, 0.29) is 18.3 Å². The molecule has 2 heterocycles. The Hall–Kier alpha value is -2.18. The summed E-state index contributed by atoms with van der Waals surface area (Å²) in [5.41, 5.74) is -0.440. The van der Waals surface area contributed by atoms with Crippen LogP contribution in [0.1, 0.15) is 10.5 Å². The van der Waals surface area contributed by atoms with Crippen molar-refractivity contribution in [1.82, 2.24) is 4.57 Å². The number of hydrogen-bond donors (Lipinski definition) is 2. The number of aromatic nitrogens is 1. The first kappa shape index (κ1) is 8.42. The summed E-state index contributed by atoms with van der Waals surface area (Å²) >= 11 is 0. The van der Waals surface area contributed by atoms with E-state index in [4.69, 9.17) is 19.7 Å². The molecule has 0 aliphatic carbocycles. The number of ether oxygens (including phenoxy) is 2. The van der Waals surface area contributed by atoms with Crippen molar-refractivity contribution in [3.8, 4) is 11.5 Å². The molecule has 74 valence electrons. The van der Waals surface area contributed by atoms with E-state index in [0.29, 0.717) is 4.57 Å². The van der Waals surface area contributed by atoms with Gasteiger partial charge in [0.1, 0.15) is 0 Å². The molecule has 0 unspecified atom stereocenters. The summed E-state index contributed by atoms with van der Waals surface area (Å²) in [5.74, 6) is -1.29. The Morgan fingerprint density at radius 1 is 1.36 bits per heavy atom. The Bertz CT molecular complexity index is 420. The lowest BCUT2D eigenvalue weighted by atomic mass is 10.4. The van der Waals surface area contributed by atoms with E-state index in [2.05, 4.69) is 0 Å². The fourth-order valence-corrected chi connectivity index (χ4v) is 1.21. The molecular weight excluding hydrogens is 194 g/mol. The third kappa shape index (κ3) is 0.987. The first-order valence-corrected chi connectivity index (χ1v) is 3.59. The molecule has 14 heavy (non-hydrogen) atoms. The molecule has 0 saturated heterocycles. The molecule has 7 heteroatoms. The van der Waals surface area contributed by atoms with Crippen molar-refractivity contribution in [3.05, 3.63) is 11.9 Å². The Balaban J connectivity index is 2.62. The summed E-state index contributed by atoms with van der Waals surface area (Å²) in [7, 11) is 0. The molecule has 0 aromatic carbocycles. The van der Waals surface area contributed by atoms with Crippen molar-refractivity contribution in [1.29, 1.82) is 0 Å². The zero-order chi connectivity index (χ0) is 10.3. The van der Waals surface area contributed by atoms with Gasteiger partial charge in [-0.1, -0.05) is 0 Å². The number of fused-ring (bicyclic) bond motifs is 1. The van der Waals surface area contributed by atoms with Crippen LogP contribution < -0.4 is 9.47 Å². The zero-order valence-electron chi connectivity index (χ0n) is 6.76. The lowest BCUT2D eigenvalue weighted by molar-refractivity contribution is 0.0677. The molecular formula is C7H5NO6. The summed E-state index contributed by atoms with van der Waals surface area (Å²) in [4.78, 5) is 21.3. The lowest BCUT2D eigenvalue weighted by Gasteiger charge is -2.00. The third-order valence-corrected chi connectivity index (χ3v) is 1.75. The molecule has 1 aliphatic heterocycles. The first-order chi connectivity index (χ1) is 6.61. The van der Waals surface area contributed by atoms with Crippen molar-refractivity contribution < 1.29 is 29.3 Å². The average molecular weight is 199 g/mol. The first-order valence-electron chi connectivity index (χ1n) is 3.59. The standard InChI is InChI=1S/C7H5NO6/c9-6(10)4-5-3(13-2-14-5)1-8(4)7(11)12/h1H,2H2,(H,9,10)(H,11,12). The van der Waals surface area contributed by atoms with Gasteiger partial charge in [-0.05, 0) is 0 Å². The Morgan fingerprint density at radius 3 is 2.64 bits per heavy atom. The van der Waals surface area contributed by atoms with Crippen molar-refractivity contribution >= 4 is 12.1 Å². The van der Waals surface area contributed by atoms with Gasteiger partial charge in [0.2, 0.25) is 6.79 Å². The molecule has 0 amide bonds. The van der Waals surface area contributed by atoms with E-state index in [9.17, 15) is 9.59 Å². The normalized spacial score (nSPS) is 12.9. The van der Waals surface area contributed by atoms with Crippen molar-refractivity contribution in [2.75, 3.05) is 6.79 Å². The summed E-state index contributed by atoms with van der Waals surface area (Å²) in [6.45, 7) is -0.0919. The van der Waals surface area contributed by atoms with Crippen LogP contribution >= 0.6 is 0 Å². The predicted molar refractivity (Wildman–Crippen MR) is 40.9 cm³/mol. The van der Waals surface area contributed by atoms with Gasteiger partial charge in [0, 0.05) is 0 Å². The highest BCUT2D eigenvalue weighted by Gasteiger charge is 2.30. The Morgan fingerprint density at radius 2 is 2.07 bits per heavy atom. The molecule has 0 fully saturated rings. The van der Waals surface area contributed by atoms with Gasteiger partial charge in [-0.15, -0.1) is 0 Å². The molecule has 1 aromatic rings. The number of carbonyl (C=O) groups is 2. The smallest absolute Gasteiger partial charge is 0.416 e. The van der Waals surface area contributed by atoms with Gasteiger partial charge in [0.15, 0.2) is 17.2 Å². The van der Waals surface area contributed by atoms with Crippen molar-refractivity contribution in [2.24, 2.45) is 0 Å². The van der Waals surface area contributed by atoms with Gasteiger partial charge in [-0.25, -0.2) is 14.2 Å². The summed E-state index contributed by atoms with van der Waals surface area (Å²) in [6.07, 6.45) is -0.335. The summed E-state index contributed by atoms with van der Waals surface area (Å²) < 4.78 is 10.2. The minimum absolute atomic E-state index is 0.0418. The number of carboxylic acids is 1. The van der Waals surface area contributed by atoms with Crippen LogP contribution in [-0.2, 0) is 0 Å². The van der Waals surface area contributed by atoms with Crippen LogP contribution in [0, 0.1) is 0 Å². The molecule has 2 N–H and O–H groups in total. The second-order valence-electron chi connectivity index (χ2n) is 2.54. The number of hydrogen-bond acceptors (Lipinski definition) is 4. The number of rotatable bonds is 1.